The molecular formula is C25H28N4O. The number of aromatic nitrogens is 3. The molecule has 0 spiro atoms. The summed E-state index contributed by atoms with van der Waals surface area (Å²) in [5.74, 6) is 2.02. The average molecular weight is 401 g/mol. The maximum absolute atomic E-state index is 13.2. The van der Waals surface area contributed by atoms with E-state index in [0.717, 1.165) is 63.3 Å². The smallest absolute Gasteiger partial charge is 0.226 e. The number of imidazole rings is 1. The Bertz CT molecular complexity index is 1000. The summed E-state index contributed by atoms with van der Waals surface area (Å²) in [6.07, 6.45) is 10.6. The summed E-state index contributed by atoms with van der Waals surface area (Å²) in [6.45, 7) is 2.41. The number of amides is 1. The third-order valence-electron chi connectivity index (χ3n) is 6.67. The van der Waals surface area contributed by atoms with E-state index in [-0.39, 0.29) is 5.92 Å². The van der Waals surface area contributed by atoms with E-state index < -0.39 is 0 Å². The summed E-state index contributed by atoms with van der Waals surface area (Å²) in [4.78, 5) is 24.4. The van der Waals surface area contributed by atoms with Crippen molar-refractivity contribution >= 4 is 5.91 Å². The van der Waals surface area contributed by atoms with Crippen LogP contribution in [0, 0.1) is 5.92 Å². The van der Waals surface area contributed by atoms with Crippen molar-refractivity contribution in [2.45, 2.75) is 44.6 Å². The molecule has 5 nitrogen and oxygen atoms in total. The Morgan fingerprint density at radius 3 is 2.53 bits per heavy atom. The largest absolute Gasteiger partial charge is 0.342 e. The zero-order valence-corrected chi connectivity index (χ0v) is 17.3. The minimum absolute atomic E-state index is 0.141. The number of hydrogen-bond acceptors (Lipinski definition) is 3. The fourth-order valence-electron chi connectivity index (χ4n) is 5.01. The van der Waals surface area contributed by atoms with Crippen LogP contribution in [0.4, 0.5) is 0 Å². The standard InChI is InChI=1S/C25H28N4O/c30-25(22-9-8-19-5-1-2-6-21(19)17-22)28-14-10-20(11-15-28)24-27-13-16-29(24)18-23-7-3-4-12-26-23/h1-7,12-13,16,20,22H,8-11,14-15,17-18H2. The van der Waals surface area contributed by atoms with Gasteiger partial charge in [0.2, 0.25) is 5.91 Å². The van der Waals surface area contributed by atoms with Gasteiger partial charge in [-0.3, -0.25) is 9.78 Å². The lowest BCUT2D eigenvalue weighted by Gasteiger charge is -2.35. The number of rotatable bonds is 4. The lowest BCUT2D eigenvalue weighted by atomic mass is 9.82. The van der Waals surface area contributed by atoms with Gasteiger partial charge in [-0.1, -0.05) is 30.3 Å². The second-order valence-electron chi connectivity index (χ2n) is 8.54. The highest BCUT2D eigenvalue weighted by Gasteiger charge is 2.32. The molecule has 1 atom stereocenters. The van der Waals surface area contributed by atoms with Crippen LogP contribution in [-0.4, -0.2) is 38.4 Å². The SMILES string of the molecule is O=C(C1CCc2ccccc2C1)N1CCC(c2nccn2Cc2ccccn2)CC1. The van der Waals surface area contributed by atoms with Crippen molar-refractivity contribution in [1.82, 2.24) is 19.4 Å². The predicted octanol–water partition coefficient (Wildman–Crippen LogP) is 3.84. The van der Waals surface area contributed by atoms with Crippen molar-refractivity contribution in [1.29, 1.82) is 0 Å². The van der Waals surface area contributed by atoms with Gasteiger partial charge in [0.15, 0.2) is 0 Å². The van der Waals surface area contributed by atoms with Gasteiger partial charge in [-0.15, -0.1) is 0 Å². The first-order valence-electron chi connectivity index (χ1n) is 11.0. The fraction of sp³-hybridized carbons (Fsp3) is 0.400. The Hall–Kier alpha value is -2.95. The summed E-state index contributed by atoms with van der Waals surface area (Å²) >= 11 is 0. The molecule has 5 heteroatoms. The minimum Gasteiger partial charge on any atom is -0.342 e. The first-order valence-corrected chi connectivity index (χ1v) is 11.0. The van der Waals surface area contributed by atoms with E-state index in [1.807, 2.05) is 36.8 Å². The van der Waals surface area contributed by atoms with E-state index in [9.17, 15) is 4.79 Å². The molecule has 3 heterocycles. The van der Waals surface area contributed by atoms with E-state index in [4.69, 9.17) is 0 Å². The first kappa shape index (κ1) is 19.0. The van der Waals surface area contributed by atoms with Crippen molar-refractivity contribution < 1.29 is 4.79 Å². The Balaban J connectivity index is 1.20. The van der Waals surface area contributed by atoms with Crippen LogP contribution in [0.1, 0.15) is 47.8 Å². The second-order valence-corrected chi connectivity index (χ2v) is 8.54. The van der Waals surface area contributed by atoms with Crippen molar-refractivity contribution in [3.05, 3.63) is 83.7 Å². The molecule has 1 unspecified atom stereocenters. The molecule has 2 aliphatic rings. The number of nitrogens with zero attached hydrogens (tertiary/aromatic N) is 4. The van der Waals surface area contributed by atoms with Gasteiger partial charge in [0.05, 0.1) is 12.2 Å². The van der Waals surface area contributed by atoms with Crippen LogP contribution in [0.5, 0.6) is 0 Å². The van der Waals surface area contributed by atoms with Crippen molar-refractivity contribution in [3.63, 3.8) is 0 Å². The van der Waals surface area contributed by atoms with Gasteiger partial charge in [0.25, 0.3) is 0 Å². The molecule has 1 aliphatic heterocycles. The molecule has 1 saturated heterocycles. The van der Waals surface area contributed by atoms with Gasteiger partial charge >= 0.3 is 0 Å². The molecule has 1 amide bonds. The van der Waals surface area contributed by atoms with Gasteiger partial charge in [-0.2, -0.15) is 0 Å². The molecule has 0 N–H and O–H groups in total. The van der Waals surface area contributed by atoms with Crippen molar-refractivity contribution in [2.75, 3.05) is 13.1 Å². The molecule has 3 aromatic rings. The third-order valence-corrected chi connectivity index (χ3v) is 6.67. The lowest BCUT2D eigenvalue weighted by Crippen LogP contribution is -2.43. The maximum atomic E-state index is 13.2. The Kier molecular flexibility index (Phi) is 5.35. The summed E-state index contributed by atoms with van der Waals surface area (Å²) in [7, 11) is 0. The molecule has 5 rings (SSSR count). The fourth-order valence-corrected chi connectivity index (χ4v) is 5.01. The maximum Gasteiger partial charge on any atom is 0.226 e. The molecule has 2 aromatic heterocycles. The Labute approximate surface area is 177 Å². The van der Waals surface area contributed by atoms with Crippen LogP contribution < -0.4 is 0 Å². The monoisotopic (exact) mass is 400 g/mol. The molecule has 154 valence electrons. The van der Waals surface area contributed by atoms with E-state index >= 15 is 0 Å². The number of carbonyl (C=O) groups is 1. The second kappa shape index (κ2) is 8.42. The van der Waals surface area contributed by atoms with Crippen LogP contribution in [0.3, 0.4) is 0 Å². The Morgan fingerprint density at radius 2 is 1.73 bits per heavy atom. The number of likely N-dealkylation sites (tertiary alicyclic amines) is 1. The van der Waals surface area contributed by atoms with Gasteiger partial charge in [0.1, 0.15) is 5.82 Å². The highest BCUT2D eigenvalue weighted by Crippen LogP contribution is 2.31. The van der Waals surface area contributed by atoms with E-state index in [0.29, 0.717) is 11.8 Å². The van der Waals surface area contributed by atoms with Gasteiger partial charge in [-0.05, 0) is 55.4 Å². The molecule has 1 aromatic carbocycles. The molecule has 1 aliphatic carbocycles. The van der Waals surface area contributed by atoms with Crippen LogP contribution in [0.15, 0.2) is 61.1 Å². The molecule has 0 saturated carbocycles. The van der Waals surface area contributed by atoms with Crippen LogP contribution >= 0.6 is 0 Å². The quantitative estimate of drug-likeness (QED) is 0.669. The topological polar surface area (TPSA) is 51.0 Å². The number of aryl methyl sites for hydroxylation is 1. The lowest BCUT2D eigenvalue weighted by molar-refractivity contribution is -0.137. The van der Waals surface area contributed by atoms with Crippen molar-refractivity contribution in [3.8, 4) is 0 Å². The zero-order chi connectivity index (χ0) is 20.3. The molecule has 0 radical (unpaired) electrons. The summed E-state index contributed by atoms with van der Waals surface area (Å²) < 4.78 is 2.21. The highest BCUT2D eigenvalue weighted by atomic mass is 16.2. The van der Waals surface area contributed by atoms with E-state index in [1.54, 1.807) is 0 Å². The predicted molar refractivity (Wildman–Crippen MR) is 116 cm³/mol. The number of carbonyl (C=O) groups excluding carboxylic acids is 1. The van der Waals surface area contributed by atoms with E-state index in [2.05, 4.69) is 43.7 Å². The summed E-state index contributed by atoms with van der Waals surface area (Å²) in [6, 6.07) is 14.6. The average Bonchev–Trinajstić information content (AvgIpc) is 3.27. The highest BCUT2D eigenvalue weighted by molar-refractivity contribution is 5.79. The summed E-state index contributed by atoms with van der Waals surface area (Å²) in [5, 5.41) is 0. The zero-order valence-electron chi connectivity index (χ0n) is 17.3. The molecule has 30 heavy (non-hydrogen) atoms. The number of pyridine rings is 1. The third kappa shape index (κ3) is 3.89. The van der Waals surface area contributed by atoms with Crippen LogP contribution in [0.25, 0.3) is 0 Å². The van der Waals surface area contributed by atoms with Crippen LogP contribution in [-0.2, 0) is 24.2 Å². The van der Waals surface area contributed by atoms with Gasteiger partial charge in [0, 0.05) is 43.5 Å². The van der Waals surface area contributed by atoms with Gasteiger partial charge < -0.3 is 9.47 Å². The molecule has 1 fully saturated rings. The number of piperidine rings is 1. The van der Waals surface area contributed by atoms with E-state index in [1.165, 1.54) is 11.1 Å². The summed E-state index contributed by atoms with van der Waals surface area (Å²) in [5.41, 5.74) is 3.82. The molecular weight excluding hydrogens is 372 g/mol. The number of hydrogen-bond donors (Lipinski definition) is 0. The minimum atomic E-state index is 0.141. The normalized spacial score (nSPS) is 19.5. The van der Waals surface area contributed by atoms with Crippen LogP contribution in [0.2, 0.25) is 0 Å². The number of benzene rings is 1. The van der Waals surface area contributed by atoms with Gasteiger partial charge in [-0.25, -0.2) is 4.98 Å². The van der Waals surface area contributed by atoms with Crippen molar-refractivity contribution in [2.24, 2.45) is 5.92 Å². The number of fused-ring (bicyclic) bond motifs is 1. The first-order chi connectivity index (χ1) is 14.8. The molecule has 0 bridgehead atoms. The Morgan fingerprint density at radius 1 is 0.933 bits per heavy atom.